The van der Waals surface area contributed by atoms with Crippen molar-refractivity contribution in [3.05, 3.63) is 47.8 Å². The highest BCUT2D eigenvalue weighted by Crippen LogP contribution is 2.13. The molecule has 19 heavy (non-hydrogen) atoms. The number of nitrogens with one attached hydrogen (secondary N) is 2. The van der Waals surface area contributed by atoms with E-state index < -0.39 is 0 Å². The van der Waals surface area contributed by atoms with Gasteiger partial charge in [0.2, 0.25) is 0 Å². The predicted octanol–water partition coefficient (Wildman–Crippen LogP) is 2.30. The molecule has 2 rings (SSSR count). The van der Waals surface area contributed by atoms with E-state index in [1.54, 1.807) is 10.9 Å². The lowest BCUT2D eigenvalue weighted by atomic mass is 10.2. The minimum absolute atomic E-state index is 0.216. The van der Waals surface area contributed by atoms with E-state index in [0.717, 1.165) is 23.4 Å². The summed E-state index contributed by atoms with van der Waals surface area (Å²) in [6.07, 6.45) is 2.59. The van der Waals surface area contributed by atoms with Gasteiger partial charge in [0.1, 0.15) is 0 Å². The molecule has 100 valence electrons. The number of amides is 2. The molecule has 0 atom stereocenters. The molecule has 0 aliphatic carbocycles. The van der Waals surface area contributed by atoms with Crippen molar-refractivity contribution >= 4 is 11.7 Å². The molecule has 0 aliphatic rings. The Kier molecular flexibility index (Phi) is 4.18. The Balaban J connectivity index is 1.91. The molecule has 0 unspecified atom stereocenters. The molecule has 0 bridgehead atoms. The maximum Gasteiger partial charge on any atom is 0.319 e. The fourth-order valence-corrected chi connectivity index (χ4v) is 1.84. The highest BCUT2D eigenvalue weighted by molar-refractivity contribution is 5.89. The third kappa shape index (κ3) is 3.58. The van der Waals surface area contributed by atoms with Crippen LogP contribution in [0.4, 0.5) is 10.5 Å². The molecule has 5 nitrogen and oxygen atoms in total. The summed E-state index contributed by atoms with van der Waals surface area (Å²) in [5, 5.41) is 9.91. The van der Waals surface area contributed by atoms with Crippen LogP contribution in [0.1, 0.15) is 18.2 Å². The normalized spacial score (nSPS) is 10.2. The first kappa shape index (κ1) is 13.1. The summed E-state index contributed by atoms with van der Waals surface area (Å²) in [4.78, 5) is 11.8. The lowest BCUT2D eigenvalue weighted by Crippen LogP contribution is -2.28. The lowest BCUT2D eigenvalue weighted by molar-refractivity contribution is 0.251. The van der Waals surface area contributed by atoms with Gasteiger partial charge in [0.25, 0.3) is 0 Å². The van der Waals surface area contributed by atoms with E-state index in [0.29, 0.717) is 6.54 Å². The Morgan fingerprint density at radius 3 is 2.74 bits per heavy atom. The van der Waals surface area contributed by atoms with Gasteiger partial charge in [-0.1, -0.05) is 37.3 Å². The van der Waals surface area contributed by atoms with Gasteiger partial charge in [0, 0.05) is 19.8 Å². The van der Waals surface area contributed by atoms with Crippen LogP contribution in [0.5, 0.6) is 0 Å². The second kappa shape index (κ2) is 6.04. The van der Waals surface area contributed by atoms with Crippen LogP contribution in [0.3, 0.4) is 0 Å². The number of urea groups is 1. The second-order valence-corrected chi connectivity index (χ2v) is 4.31. The lowest BCUT2D eigenvalue weighted by Gasteiger charge is -2.07. The number of carbonyl (C=O) groups is 1. The van der Waals surface area contributed by atoms with Crippen LogP contribution in [-0.4, -0.2) is 15.8 Å². The Labute approximate surface area is 112 Å². The number of carbonyl (C=O) groups excluding carboxylic acids is 1. The molecule has 0 saturated carbocycles. The highest BCUT2D eigenvalue weighted by atomic mass is 16.2. The first-order valence-electron chi connectivity index (χ1n) is 6.30. The molecule has 0 aliphatic heterocycles. The van der Waals surface area contributed by atoms with Gasteiger partial charge in [0.05, 0.1) is 11.4 Å². The number of hydrogen-bond donors (Lipinski definition) is 2. The molecule has 2 amide bonds. The van der Waals surface area contributed by atoms with Crippen molar-refractivity contribution < 1.29 is 4.79 Å². The van der Waals surface area contributed by atoms with Gasteiger partial charge in [-0.05, 0) is 12.0 Å². The van der Waals surface area contributed by atoms with E-state index in [-0.39, 0.29) is 6.03 Å². The van der Waals surface area contributed by atoms with Crippen LogP contribution >= 0.6 is 0 Å². The van der Waals surface area contributed by atoms with E-state index >= 15 is 0 Å². The van der Waals surface area contributed by atoms with E-state index in [4.69, 9.17) is 0 Å². The number of aryl methyl sites for hydroxylation is 2. The summed E-state index contributed by atoms with van der Waals surface area (Å²) in [5.41, 5.74) is 2.72. The number of rotatable bonds is 4. The minimum Gasteiger partial charge on any atom is -0.334 e. The Morgan fingerprint density at radius 1 is 1.32 bits per heavy atom. The predicted molar refractivity (Wildman–Crippen MR) is 74.9 cm³/mol. The molecule has 0 saturated heterocycles. The van der Waals surface area contributed by atoms with Gasteiger partial charge in [-0.25, -0.2) is 4.79 Å². The molecular formula is C14H18N4O. The van der Waals surface area contributed by atoms with Crippen LogP contribution in [0.15, 0.2) is 36.5 Å². The summed E-state index contributed by atoms with van der Waals surface area (Å²) < 4.78 is 1.70. The van der Waals surface area contributed by atoms with Gasteiger partial charge in [0.15, 0.2) is 0 Å². The van der Waals surface area contributed by atoms with Crippen molar-refractivity contribution in [1.29, 1.82) is 0 Å². The van der Waals surface area contributed by atoms with Gasteiger partial charge >= 0.3 is 6.03 Å². The average Bonchev–Trinajstić information content (AvgIpc) is 2.77. The van der Waals surface area contributed by atoms with Crippen molar-refractivity contribution in [3.63, 3.8) is 0 Å². The zero-order valence-electron chi connectivity index (χ0n) is 11.2. The van der Waals surface area contributed by atoms with Crippen molar-refractivity contribution in [2.45, 2.75) is 19.9 Å². The van der Waals surface area contributed by atoms with E-state index in [1.807, 2.05) is 44.3 Å². The maximum absolute atomic E-state index is 11.8. The standard InChI is InChI=1S/C14H18N4O/c1-3-12-13(10-18(2)17-12)16-14(19)15-9-11-7-5-4-6-8-11/h4-8,10H,3,9H2,1-2H3,(H2,15,16,19). The van der Waals surface area contributed by atoms with Gasteiger partial charge in [-0.15, -0.1) is 0 Å². The highest BCUT2D eigenvalue weighted by Gasteiger charge is 2.08. The van der Waals surface area contributed by atoms with Crippen molar-refractivity contribution in [1.82, 2.24) is 15.1 Å². The van der Waals surface area contributed by atoms with Gasteiger partial charge in [-0.2, -0.15) is 5.10 Å². The van der Waals surface area contributed by atoms with Gasteiger partial charge in [-0.3, -0.25) is 4.68 Å². The van der Waals surface area contributed by atoms with E-state index in [1.165, 1.54) is 0 Å². The molecule has 1 aromatic carbocycles. The van der Waals surface area contributed by atoms with Crippen LogP contribution in [0.2, 0.25) is 0 Å². The first-order valence-corrected chi connectivity index (χ1v) is 6.30. The van der Waals surface area contributed by atoms with Crippen LogP contribution in [0, 0.1) is 0 Å². The smallest absolute Gasteiger partial charge is 0.319 e. The molecule has 1 aromatic heterocycles. The summed E-state index contributed by atoms with van der Waals surface area (Å²) in [7, 11) is 1.84. The molecule has 0 spiro atoms. The van der Waals surface area contributed by atoms with Crippen molar-refractivity contribution in [2.24, 2.45) is 7.05 Å². The summed E-state index contributed by atoms with van der Waals surface area (Å²) in [6, 6.07) is 9.58. The Morgan fingerprint density at radius 2 is 2.05 bits per heavy atom. The monoisotopic (exact) mass is 258 g/mol. The van der Waals surface area contributed by atoms with E-state index in [9.17, 15) is 4.79 Å². The third-order valence-corrected chi connectivity index (χ3v) is 2.78. The third-order valence-electron chi connectivity index (χ3n) is 2.78. The molecule has 0 fully saturated rings. The second-order valence-electron chi connectivity index (χ2n) is 4.31. The fourth-order valence-electron chi connectivity index (χ4n) is 1.84. The number of hydrogen-bond acceptors (Lipinski definition) is 2. The quantitative estimate of drug-likeness (QED) is 0.884. The zero-order valence-corrected chi connectivity index (χ0v) is 11.2. The largest absolute Gasteiger partial charge is 0.334 e. The number of aromatic nitrogens is 2. The molecule has 5 heteroatoms. The summed E-state index contributed by atoms with van der Waals surface area (Å²) >= 11 is 0. The fraction of sp³-hybridized carbons (Fsp3) is 0.286. The number of anilines is 1. The minimum atomic E-state index is -0.216. The maximum atomic E-state index is 11.8. The molecule has 2 aromatic rings. The number of nitrogens with zero attached hydrogens (tertiary/aromatic N) is 2. The molecule has 1 heterocycles. The molecular weight excluding hydrogens is 240 g/mol. The van der Waals surface area contributed by atoms with Crippen LogP contribution in [-0.2, 0) is 20.0 Å². The summed E-state index contributed by atoms with van der Waals surface area (Å²) in [6.45, 7) is 2.52. The van der Waals surface area contributed by atoms with E-state index in [2.05, 4.69) is 15.7 Å². The summed E-state index contributed by atoms with van der Waals surface area (Å²) in [5.74, 6) is 0. The van der Waals surface area contributed by atoms with Crippen molar-refractivity contribution in [2.75, 3.05) is 5.32 Å². The molecule has 0 radical (unpaired) electrons. The topological polar surface area (TPSA) is 59.0 Å². The number of benzene rings is 1. The van der Waals surface area contributed by atoms with Crippen LogP contribution in [0.25, 0.3) is 0 Å². The Hall–Kier alpha value is -2.30. The average molecular weight is 258 g/mol. The SMILES string of the molecule is CCc1nn(C)cc1NC(=O)NCc1ccccc1. The van der Waals surface area contributed by atoms with Crippen LogP contribution < -0.4 is 10.6 Å². The first-order chi connectivity index (χ1) is 9.19. The molecule has 2 N–H and O–H groups in total. The van der Waals surface area contributed by atoms with Gasteiger partial charge < -0.3 is 10.6 Å². The Bertz CT molecular complexity index is 548. The van der Waals surface area contributed by atoms with Crippen molar-refractivity contribution in [3.8, 4) is 0 Å². The zero-order chi connectivity index (χ0) is 13.7.